The number of rotatable bonds is 4. The van der Waals surface area contributed by atoms with Gasteiger partial charge in [-0.3, -0.25) is 0 Å². The molecule has 1 aromatic carbocycles. The SMILES string of the molecule is C[C@@H]1CCCN(c2ccc(CNC(=O)Nc3cccnc3Cl)cc2)C1. The zero-order valence-corrected chi connectivity index (χ0v) is 15.1. The van der Waals surface area contributed by atoms with Crippen LogP contribution in [0.2, 0.25) is 5.15 Å². The van der Waals surface area contributed by atoms with Crippen molar-refractivity contribution in [1.29, 1.82) is 0 Å². The molecule has 1 aliphatic rings. The number of aromatic nitrogens is 1. The third kappa shape index (κ3) is 4.86. The molecule has 2 N–H and O–H groups in total. The first-order valence-corrected chi connectivity index (χ1v) is 8.99. The maximum absolute atomic E-state index is 12.0. The van der Waals surface area contributed by atoms with Gasteiger partial charge in [0.05, 0.1) is 5.69 Å². The van der Waals surface area contributed by atoms with Crippen LogP contribution in [0.5, 0.6) is 0 Å². The van der Waals surface area contributed by atoms with E-state index in [0.29, 0.717) is 12.2 Å². The number of hydrogen-bond acceptors (Lipinski definition) is 3. The molecule has 1 atom stereocenters. The van der Waals surface area contributed by atoms with Crippen molar-refractivity contribution >= 4 is 29.0 Å². The van der Waals surface area contributed by atoms with Crippen molar-refractivity contribution in [2.75, 3.05) is 23.3 Å². The van der Waals surface area contributed by atoms with Crippen molar-refractivity contribution in [2.24, 2.45) is 5.92 Å². The van der Waals surface area contributed by atoms with Gasteiger partial charge in [-0.2, -0.15) is 0 Å². The van der Waals surface area contributed by atoms with Crippen LogP contribution in [-0.4, -0.2) is 24.1 Å². The molecule has 2 amide bonds. The Balaban J connectivity index is 1.51. The van der Waals surface area contributed by atoms with Crippen LogP contribution in [-0.2, 0) is 6.54 Å². The summed E-state index contributed by atoms with van der Waals surface area (Å²) in [6.45, 7) is 5.00. The molecule has 1 saturated heterocycles. The molecule has 5 nitrogen and oxygen atoms in total. The molecule has 0 bridgehead atoms. The Kier molecular flexibility index (Phi) is 5.76. The normalized spacial score (nSPS) is 17.2. The molecule has 2 aromatic rings. The van der Waals surface area contributed by atoms with Crippen molar-refractivity contribution in [1.82, 2.24) is 10.3 Å². The van der Waals surface area contributed by atoms with Crippen LogP contribution in [0.1, 0.15) is 25.3 Å². The number of pyridine rings is 1. The lowest BCUT2D eigenvalue weighted by atomic mass is 9.99. The van der Waals surface area contributed by atoms with Gasteiger partial charge in [-0.15, -0.1) is 0 Å². The number of halogens is 1. The maximum Gasteiger partial charge on any atom is 0.319 e. The molecule has 1 aliphatic heterocycles. The number of piperidine rings is 1. The summed E-state index contributed by atoms with van der Waals surface area (Å²) in [7, 11) is 0. The number of carbonyl (C=O) groups excluding carboxylic acids is 1. The van der Waals surface area contributed by atoms with Gasteiger partial charge in [0, 0.05) is 31.5 Å². The second kappa shape index (κ2) is 8.21. The highest BCUT2D eigenvalue weighted by atomic mass is 35.5. The molecule has 0 spiro atoms. The van der Waals surface area contributed by atoms with Crippen LogP contribution < -0.4 is 15.5 Å². The number of nitrogens with zero attached hydrogens (tertiary/aromatic N) is 2. The fourth-order valence-electron chi connectivity index (χ4n) is 3.08. The first kappa shape index (κ1) is 17.5. The predicted octanol–water partition coefficient (Wildman–Crippen LogP) is 4.29. The number of hydrogen-bond donors (Lipinski definition) is 2. The minimum absolute atomic E-state index is 0.276. The van der Waals surface area contributed by atoms with Crippen LogP contribution in [0.25, 0.3) is 0 Å². The van der Waals surface area contributed by atoms with E-state index in [1.807, 2.05) is 0 Å². The van der Waals surface area contributed by atoms with E-state index in [9.17, 15) is 4.79 Å². The van der Waals surface area contributed by atoms with Crippen molar-refractivity contribution in [3.63, 3.8) is 0 Å². The van der Waals surface area contributed by atoms with Gasteiger partial charge in [-0.25, -0.2) is 9.78 Å². The molecule has 6 heteroatoms. The third-order valence-corrected chi connectivity index (χ3v) is 4.72. The van der Waals surface area contributed by atoms with Crippen LogP contribution in [0.15, 0.2) is 42.6 Å². The molecular weight excluding hydrogens is 336 g/mol. The van der Waals surface area contributed by atoms with E-state index in [1.54, 1.807) is 18.3 Å². The maximum atomic E-state index is 12.0. The van der Waals surface area contributed by atoms with Crippen molar-refractivity contribution in [3.05, 3.63) is 53.3 Å². The largest absolute Gasteiger partial charge is 0.371 e. The Labute approximate surface area is 153 Å². The molecular formula is C19H23ClN4O. The summed E-state index contributed by atoms with van der Waals surface area (Å²) in [5.41, 5.74) is 2.80. The van der Waals surface area contributed by atoms with Crippen LogP contribution in [0.4, 0.5) is 16.2 Å². The first-order valence-electron chi connectivity index (χ1n) is 8.61. The van der Waals surface area contributed by atoms with E-state index < -0.39 is 0 Å². The predicted molar refractivity (Wildman–Crippen MR) is 102 cm³/mol. The summed E-state index contributed by atoms with van der Waals surface area (Å²) >= 11 is 5.93. The minimum Gasteiger partial charge on any atom is -0.371 e. The van der Waals surface area contributed by atoms with Crippen LogP contribution in [0.3, 0.4) is 0 Å². The van der Waals surface area contributed by atoms with Crippen LogP contribution >= 0.6 is 11.6 Å². The quantitative estimate of drug-likeness (QED) is 0.801. The molecule has 0 radical (unpaired) electrons. The Morgan fingerprint density at radius 2 is 2.12 bits per heavy atom. The van der Waals surface area contributed by atoms with Gasteiger partial charge in [0.2, 0.25) is 0 Å². The second-order valence-corrected chi connectivity index (χ2v) is 6.87. The number of benzene rings is 1. The lowest BCUT2D eigenvalue weighted by molar-refractivity contribution is 0.251. The number of urea groups is 1. The summed E-state index contributed by atoms with van der Waals surface area (Å²) in [5, 5.41) is 5.80. The topological polar surface area (TPSA) is 57.3 Å². The Morgan fingerprint density at radius 1 is 1.32 bits per heavy atom. The Bertz CT molecular complexity index is 720. The van der Waals surface area contributed by atoms with E-state index >= 15 is 0 Å². The number of carbonyl (C=O) groups is 1. The highest BCUT2D eigenvalue weighted by Gasteiger charge is 2.16. The van der Waals surface area contributed by atoms with Crippen molar-refractivity contribution < 1.29 is 4.79 Å². The molecule has 1 fully saturated rings. The lowest BCUT2D eigenvalue weighted by Crippen LogP contribution is -2.34. The second-order valence-electron chi connectivity index (χ2n) is 6.51. The molecule has 25 heavy (non-hydrogen) atoms. The molecule has 2 heterocycles. The number of anilines is 2. The lowest BCUT2D eigenvalue weighted by Gasteiger charge is -2.32. The fraction of sp³-hybridized carbons (Fsp3) is 0.368. The average molecular weight is 359 g/mol. The first-order chi connectivity index (χ1) is 12.1. The molecule has 0 aliphatic carbocycles. The van der Waals surface area contributed by atoms with Gasteiger partial charge in [-0.1, -0.05) is 30.7 Å². The van der Waals surface area contributed by atoms with Gasteiger partial charge >= 0.3 is 6.03 Å². The Hall–Kier alpha value is -2.27. The summed E-state index contributed by atoms with van der Waals surface area (Å²) < 4.78 is 0. The van der Waals surface area contributed by atoms with Gasteiger partial charge in [0.15, 0.2) is 5.15 Å². The number of amides is 2. The van der Waals surface area contributed by atoms with Gasteiger partial charge < -0.3 is 15.5 Å². The fourth-order valence-corrected chi connectivity index (χ4v) is 3.24. The van der Waals surface area contributed by atoms with E-state index in [1.165, 1.54) is 18.5 Å². The minimum atomic E-state index is -0.302. The average Bonchev–Trinajstić information content (AvgIpc) is 2.62. The van der Waals surface area contributed by atoms with Gasteiger partial charge in [-0.05, 0) is 48.6 Å². The molecule has 0 saturated carbocycles. The Morgan fingerprint density at radius 3 is 2.84 bits per heavy atom. The molecule has 1 aromatic heterocycles. The summed E-state index contributed by atoms with van der Waals surface area (Å²) in [6.07, 6.45) is 4.15. The standard InChI is InChI=1S/C19H23ClN4O/c1-14-4-3-11-24(13-14)16-8-6-15(7-9-16)12-22-19(25)23-17-5-2-10-21-18(17)20/h2,5-10,14H,3-4,11-13H2,1H3,(H2,22,23,25)/t14-/m1/s1. The monoisotopic (exact) mass is 358 g/mol. The van der Waals surface area contributed by atoms with Crippen molar-refractivity contribution in [2.45, 2.75) is 26.3 Å². The van der Waals surface area contributed by atoms with Crippen LogP contribution in [0, 0.1) is 5.92 Å². The highest BCUT2D eigenvalue weighted by molar-refractivity contribution is 6.32. The zero-order valence-electron chi connectivity index (χ0n) is 14.3. The molecule has 0 unspecified atom stereocenters. The molecule has 3 rings (SSSR count). The third-order valence-electron chi connectivity index (χ3n) is 4.42. The van der Waals surface area contributed by atoms with Gasteiger partial charge in [0.1, 0.15) is 0 Å². The van der Waals surface area contributed by atoms with Gasteiger partial charge in [0.25, 0.3) is 0 Å². The molecule has 132 valence electrons. The summed E-state index contributed by atoms with van der Waals surface area (Å²) in [4.78, 5) is 18.3. The summed E-state index contributed by atoms with van der Waals surface area (Å²) in [6, 6.07) is 11.5. The van der Waals surface area contributed by atoms with E-state index in [0.717, 1.165) is 24.6 Å². The van der Waals surface area contributed by atoms with E-state index in [2.05, 4.69) is 51.7 Å². The van der Waals surface area contributed by atoms with Crippen molar-refractivity contribution in [3.8, 4) is 0 Å². The zero-order chi connectivity index (χ0) is 17.6. The number of nitrogens with one attached hydrogen (secondary N) is 2. The van der Waals surface area contributed by atoms with E-state index in [-0.39, 0.29) is 11.2 Å². The highest BCUT2D eigenvalue weighted by Crippen LogP contribution is 2.23. The summed E-state index contributed by atoms with van der Waals surface area (Å²) in [5.74, 6) is 0.748. The van der Waals surface area contributed by atoms with E-state index in [4.69, 9.17) is 11.6 Å². The smallest absolute Gasteiger partial charge is 0.319 e.